The Balaban J connectivity index is 2.62. The number of nitrogens with zero attached hydrogens (tertiary/aromatic N) is 1. The molecule has 0 bridgehead atoms. The maximum atomic E-state index is 5.75. The highest BCUT2D eigenvalue weighted by atomic mass is 79.9. The van der Waals surface area contributed by atoms with Gasteiger partial charge in [-0.3, -0.25) is 0 Å². The molecule has 68 valence electrons. The van der Waals surface area contributed by atoms with E-state index in [1.54, 1.807) is 11.3 Å². The summed E-state index contributed by atoms with van der Waals surface area (Å²) in [6.45, 7) is 1.95. The lowest BCUT2D eigenvalue weighted by molar-refractivity contribution is 0.810. The molecule has 0 radical (unpaired) electrons. The van der Waals surface area contributed by atoms with Gasteiger partial charge in [0.1, 0.15) is 5.01 Å². The summed E-state index contributed by atoms with van der Waals surface area (Å²) in [5.41, 5.74) is 6.78. The van der Waals surface area contributed by atoms with Crippen molar-refractivity contribution in [3.63, 3.8) is 0 Å². The second kappa shape index (κ2) is 3.36. The van der Waals surface area contributed by atoms with E-state index in [1.807, 2.05) is 19.1 Å². The van der Waals surface area contributed by atoms with Gasteiger partial charge in [-0.25, -0.2) is 4.98 Å². The van der Waals surface area contributed by atoms with Crippen LogP contribution in [0.4, 0.5) is 0 Å². The Morgan fingerprint density at radius 3 is 3.00 bits per heavy atom. The second-order valence-corrected chi connectivity index (χ2v) is 4.93. The molecule has 1 atom stereocenters. The second-order valence-electron chi connectivity index (χ2n) is 2.95. The van der Waals surface area contributed by atoms with Gasteiger partial charge >= 0.3 is 0 Å². The standard InChI is InChI=1S/C9H9BrN2S/c1-5(11)9-12-7-3-2-6(10)4-8(7)13-9/h2-5H,11H2,1H3. The van der Waals surface area contributed by atoms with Crippen LogP contribution in [0.3, 0.4) is 0 Å². The van der Waals surface area contributed by atoms with E-state index in [4.69, 9.17) is 5.73 Å². The van der Waals surface area contributed by atoms with Crippen molar-refractivity contribution in [3.8, 4) is 0 Å². The fraction of sp³-hybridized carbons (Fsp3) is 0.222. The highest BCUT2D eigenvalue weighted by Gasteiger charge is 2.06. The molecule has 2 rings (SSSR count). The van der Waals surface area contributed by atoms with Crippen LogP contribution < -0.4 is 5.73 Å². The van der Waals surface area contributed by atoms with Gasteiger partial charge in [0.05, 0.1) is 16.3 Å². The van der Waals surface area contributed by atoms with E-state index in [0.717, 1.165) is 15.0 Å². The van der Waals surface area contributed by atoms with Crippen molar-refractivity contribution in [2.75, 3.05) is 0 Å². The van der Waals surface area contributed by atoms with Gasteiger partial charge in [-0.2, -0.15) is 0 Å². The first-order valence-corrected chi connectivity index (χ1v) is 5.59. The van der Waals surface area contributed by atoms with Crippen molar-refractivity contribution in [3.05, 3.63) is 27.7 Å². The molecule has 0 saturated heterocycles. The van der Waals surface area contributed by atoms with Gasteiger partial charge in [-0.1, -0.05) is 15.9 Å². The quantitative estimate of drug-likeness (QED) is 0.852. The van der Waals surface area contributed by atoms with Crippen molar-refractivity contribution in [1.82, 2.24) is 4.98 Å². The summed E-state index contributed by atoms with van der Waals surface area (Å²) in [7, 11) is 0. The lowest BCUT2D eigenvalue weighted by Crippen LogP contribution is -2.03. The summed E-state index contributed by atoms with van der Waals surface area (Å²) in [6.07, 6.45) is 0. The third kappa shape index (κ3) is 1.75. The van der Waals surface area contributed by atoms with E-state index < -0.39 is 0 Å². The average Bonchev–Trinajstić information content (AvgIpc) is 2.46. The first-order valence-electron chi connectivity index (χ1n) is 3.98. The van der Waals surface area contributed by atoms with Gasteiger partial charge in [0, 0.05) is 4.47 Å². The van der Waals surface area contributed by atoms with Crippen LogP contribution in [0.1, 0.15) is 18.0 Å². The smallest absolute Gasteiger partial charge is 0.110 e. The summed E-state index contributed by atoms with van der Waals surface area (Å²) in [5, 5.41) is 0.994. The molecular formula is C9H9BrN2S. The zero-order valence-corrected chi connectivity index (χ0v) is 9.52. The van der Waals surface area contributed by atoms with E-state index in [2.05, 4.69) is 27.0 Å². The van der Waals surface area contributed by atoms with Crippen molar-refractivity contribution >= 4 is 37.5 Å². The molecule has 0 spiro atoms. The van der Waals surface area contributed by atoms with Crippen LogP contribution in [0, 0.1) is 0 Å². The van der Waals surface area contributed by atoms with E-state index in [0.29, 0.717) is 0 Å². The topological polar surface area (TPSA) is 38.9 Å². The van der Waals surface area contributed by atoms with Gasteiger partial charge in [0.25, 0.3) is 0 Å². The van der Waals surface area contributed by atoms with Crippen LogP contribution in [0.25, 0.3) is 10.2 Å². The molecular weight excluding hydrogens is 248 g/mol. The first-order chi connectivity index (χ1) is 6.16. The van der Waals surface area contributed by atoms with Gasteiger partial charge < -0.3 is 5.73 Å². The lowest BCUT2D eigenvalue weighted by atomic mass is 10.3. The molecule has 0 aliphatic rings. The van der Waals surface area contributed by atoms with Crippen LogP contribution in [-0.2, 0) is 0 Å². The molecule has 2 nitrogen and oxygen atoms in total. The monoisotopic (exact) mass is 256 g/mol. The van der Waals surface area contributed by atoms with Crippen molar-refractivity contribution in [2.24, 2.45) is 5.73 Å². The molecule has 1 heterocycles. The van der Waals surface area contributed by atoms with Gasteiger partial charge in [-0.15, -0.1) is 11.3 Å². The lowest BCUT2D eigenvalue weighted by Gasteiger charge is -1.95. The van der Waals surface area contributed by atoms with Crippen molar-refractivity contribution in [2.45, 2.75) is 13.0 Å². The number of hydrogen-bond acceptors (Lipinski definition) is 3. The largest absolute Gasteiger partial charge is 0.322 e. The molecule has 0 amide bonds. The molecule has 0 aliphatic carbocycles. The third-order valence-corrected chi connectivity index (χ3v) is 3.47. The molecule has 2 aromatic rings. The summed E-state index contributed by atoms with van der Waals surface area (Å²) in [5.74, 6) is 0. The molecule has 1 aromatic heterocycles. The molecule has 1 unspecified atom stereocenters. The van der Waals surface area contributed by atoms with Crippen LogP contribution in [0.15, 0.2) is 22.7 Å². The van der Waals surface area contributed by atoms with E-state index >= 15 is 0 Å². The minimum Gasteiger partial charge on any atom is -0.322 e. The minimum atomic E-state index is 0.0242. The fourth-order valence-electron chi connectivity index (χ4n) is 1.11. The number of aromatic nitrogens is 1. The number of rotatable bonds is 1. The number of nitrogens with two attached hydrogens (primary N) is 1. The molecule has 13 heavy (non-hydrogen) atoms. The Hall–Kier alpha value is -0.450. The highest BCUT2D eigenvalue weighted by Crippen LogP contribution is 2.27. The summed E-state index contributed by atoms with van der Waals surface area (Å²) >= 11 is 5.08. The van der Waals surface area contributed by atoms with Crippen LogP contribution in [0.5, 0.6) is 0 Å². The number of hydrogen-bond donors (Lipinski definition) is 1. The maximum absolute atomic E-state index is 5.75. The molecule has 1 aromatic carbocycles. The Kier molecular flexibility index (Phi) is 2.36. The molecule has 2 N–H and O–H groups in total. The van der Waals surface area contributed by atoms with Crippen molar-refractivity contribution in [1.29, 1.82) is 0 Å². The molecule has 4 heteroatoms. The first kappa shape index (κ1) is 9.12. The SMILES string of the molecule is CC(N)c1nc2ccc(Br)cc2s1. The van der Waals surface area contributed by atoms with Gasteiger partial charge in [0.15, 0.2) is 0 Å². The number of fused-ring (bicyclic) bond motifs is 1. The number of halogens is 1. The van der Waals surface area contributed by atoms with Crippen LogP contribution in [0.2, 0.25) is 0 Å². The Labute approximate surface area is 88.9 Å². The summed E-state index contributed by atoms with van der Waals surface area (Å²) < 4.78 is 2.27. The molecule has 0 fully saturated rings. The summed E-state index contributed by atoms with van der Waals surface area (Å²) in [6, 6.07) is 6.09. The van der Waals surface area contributed by atoms with Gasteiger partial charge in [0.2, 0.25) is 0 Å². The minimum absolute atomic E-state index is 0.0242. The Morgan fingerprint density at radius 2 is 2.31 bits per heavy atom. The normalized spacial score (nSPS) is 13.5. The predicted octanol–water partition coefficient (Wildman–Crippen LogP) is 3.08. The van der Waals surface area contributed by atoms with Crippen molar-refractivity contribution < 1.29 is 0 Å². The van der Waals surface area contributed by atoms with Crippen LogP contribution >= 0.6 is 27.3 Å². The highest BCUT2D eigenvalue weighted by molar-refractivity contribution is 9.10. The summed E-state index contributed by atoms with van der Waals surface area (Å²) in [4.78, 5) is 4.43. The third-order valence-electron chi connectivity index (χ3n) is 1.76. The Bertz CT molecular complexity index is 436. The Morgan fingerprint density at radius 1 is 1.54 bits per heavy atom. The molecule has 0 aliphatic heterocycles. The number of benzene rings is 1. The van der Waals surface area contributed by atoms with E-state index in [1.165, 1.54) is 4.70 Å². The average molecular weight is 257 g/mol. The van der Waals surface area contributed by atoms with Gasteiger partial charge in [-0.05, 0) is 25.1 Å². The van der Waals surface area contributed by atoms with E-state index in [-0.39, 0.29) is 6.04 Å². The predicted molar refractivity (Wildman–Crippen MR) is 59.9 cm³/mol. The number of thiazole rings is 1. The zero-order valence-electron chi connectivity index (χ0n) is 7.12. The molecule has 0 saturated carbocycles. The maximum Gasteiger partial charge on any atom is 0.110 e. The van der Waals surface area contributed by atoms with E-state index in [9.17, 15) is 0 Å². The zero-order chi connectivity index (χ0) is 9.42. The van der Waals surface area contributed by atoms with Crippen LogP contribution in [-0.4, -0.2) is 4.98 Å². The fourth-order valence-corrected chi connectivity index (χ4v) is 2.58.